The summed E-state index contributed by atoms with van der Waals surface area (Å²) in [6.07, 6.45) is 2.19. The number of benzene rings is 3. The van der Waals surface area contributed by atoms with E-state index in [4.69, 9.17) is 0 Å². The fourth-order valence-electron chi connectivity index (χ4n) is 4.51. The van der Waals surface area contributed by atoms with Crippen molar-refractivity contribution in [2.24, 2.45) is 7.05 Å². The SMILES string of the molecule is Cc1cccc2c1-c1c3c4c(ccc3cc[n+]1C)[Si]c1ccccc1N24. The highest BCUT2D eigenvalue weighted by molar-refractivity contribution is 6.72. The molecule has 0 fully saturated rings. The summed E-state index contributed by atoms with van der Waals surface area (Å²) in [5, 5.41) is 5.57. The average molecular weight is 349 g/mol. The van der Waals surface area contributed by atoms with Crippen LogP contribution in [-0.4, -0.2) is 9.52 Å². The molecule has 26 heavy (non-hydrogen) atoms. The van der Waals surface area contributed by atoms with Crippen LogP contribution in [0.1, 0.15) is 5.56 Å². The summed E-state index contributed by atoms with van der Waals surface area (Å²) in [7, 11) is 2.87. The van der Waals surface area contributed by atoms with Crippen molar-refractivity contribution in [3.8, 4) is 11.3 Å². The lowest BCUT2D eigenvalue weighted by Crippen LogP contribution is -2.42. The maximum Gasteiger partial charge on any atom is 0.224 e. The predicted octanol–water partition coefficient (Wildman–Crippen LogP) is 3.39. The Kier molecular flexibility index (Phi) is 2.65. The van der Waals surface area contributed by atoms with Crippen LogP contribution in [-0.2, 0) is 7.05 Å². The number of hydrogen-bond acceptors (Lipinski definition) is 1. The van der Waals surface area contributed by atoms with E-state index in [2.05, 4.69) is 90.3 Å². The van der Waals surface area contributed by atoms with Gasteiger partial charge in [-0.05, 0) is 40.4 Å². The summed E-state index contributed by atoms with van der Waals surface area (Å²) in [5.74, 6) is 0. The van der Waals surface area contributed by atoms with Gasteiger partial charge in [-0.3, -0.25) is 0 Å². The number of para-hydroxylation sites is 1. The summed E-state index contributed by atoms with van der Waals surface area (Å²) < 4.78 is 2.29. The van der Waals surface area contributed by atoms with Gasteiger partial charge in [-0.2, -0.15) is 0 Å². The zero-order valence-electron chi connectivity index (χ0n) is 14.7. The van der Waals surface area contributed by atoms with E-state index in [1.807, 2.05) is 0 Å². The average Bonchev–Trinajstić information content (AvgIpc) is 2.67. The first-order chi connectivity index (χ1) is 12.7. The van der Waals surface area contributed by atoms with Crippen molar-refractivity contribution in [3.63, 3.8) is 0 Å². The number of aryl methyl sites for hydroxylation is 2. The lowest BCUT2D eigenvalue weighted by atomic mass is 9.91. The minimum Gasteiger partial charge on any atom is -0.309 e. The van der Waals surface area contributed by atoms with Crippen molar-refractivity contribution in [2.75, 3.05) is 4.90 Å². The van der Waals surface area contributed by atoms with Gasteiger partial charge >= 0.3 is 0 Å². The number of rotatable bonds is 0. The standard InChI is InChI=1S/C23H17N2Si/c1-14-6-5-8-17-20(14)23-21-15(12-13-24(23)2)10-11-19-22(21)25(17)16-7-3-4-9-18(16)26-19/h3-13H,1-2H3/q+1. The fraction of sp³-hybridized carbons (Fsp3) is 0.0870. The Labute approximate surface area is 155 Å². The molecule has 0 spiro atoms. The van der Waals surface area contributed by atoms with E-state index >= 15 is 0 Å². The molecule has 2 aliphatic rings. The minimum atomic E-state index is 0.704. The van der Waals surface area contributed by atoms with E-state index in [1.165, 1.54) is 55.0 Å². The number of aromatic nitrogens is 1. The summed E-state index contributed by atoms with van der Waals surface area (Å²) in [4.78, 5) is 2.50. The molecule has 1 aromatic heterocycles. The Bertz CT molecular complexity index is 1240. The molecule has 0 amide bonds. The third-order valence-electron chi connectivity index (χ3n) is 5.64. The van der Waals surface area contributed by atoms with Gasteiger partial charge in [-0.1, -0.05) is 42.5 Å². The first-order valence-corrected chi connectivity index (χ1v) is 9.95. The summed E-state index contributed by atoms with van der Waals surface area (Å²) in [5.41, 5.74) is 8.02. The third-order valence-corrected chi connectivity index (χ3v) is 7.01. The summed E-state index contributed by atoms with van der Waals surface area (Å²) in [6, 6.07) is 22.4. The smallest absolute Gasteiger partial charge is 0.224 e. The van der Waals surface area contributed by atoms with Gasteiger partial charge in [0.15, 0.2) is 6.20 Å². The molecule has 2 aliphatic heterocycles. The van der Waals surface area contributed by atoms with Crippen molar-refractivity contribution in [2.45, 2.75) is 6.92 Å². The molecule has 0 saturated carbocycles. The van der Waals surface area contributed by atoms with Gasteiger partial charge in [-0.25, -0.2) is 4.57 Å². The monoisotopic (exact) mass is 349 g/mol. The summed E-state index contributed by atoms with van der Waals surface area (Å²) in [6.45, 7) is 2.23. The van der Waals surface area contributed by atoms with E-state index in [1.54, 1.807) is 0 Å². The Morgan fingerprint density at radius 2 is 1.69 bits per heavy atom. The quantitative estimate of drug-likeness (QED) is 0.301. The van der Waals surface area contributed by atoms with Gasteiger partial charge < -0.3 is 4.90 Å². The molecule has 0 bridgehead atoms. The topological polar surface area (TPSA) is 7.12 Å². The van der Waals surface area contributed by atoms with E-state index < -0.39 is 0 Å². The van der Waals surface area contributed by atoms with Crippen LogP contribution in [0.25, 0.3) is 22.0 Å². The zero-order valence-corrected chi connectivity index (χ0v) is 15.7. The van der Waals surface area contributed by atoms with E-state index in [0.717, 1.165) is 0 Å². The largest absolute Gasteiger partial charge is 0.309 e. The molecule has 0 saturated heterocycles. The highest BCUT2D eigenvalue weighted by Crippen LogP contribution is 2.50. The molecule has 0 unspecified atom stereocenters. The molecule has 2 nitrogen and oxygen atoms in total. The maximum absolute atomic E-state index is 2.50. The molecule has 3 heterocycles. The number of hydrogen-bond donors (Lipinski definition) is 0. The normalized spacial score (nSPS) is 13.5. The lowest BCUT2D eigenvalue weighted by Gasteiger charge is -2.38. The van der Waals surface area contributed by atoms with Gasteiger partial charge in [-0.15, -0.1) is 0 Å². The van der Waals surface area contributed by atoms with Crippen molar-refractivity contribution in [1.82, 2.24) is 0 Å². The highest BCUT2D eigenvalue weighted by Gasteiger charge is 2.36. The second-order valence-electron chi connectivity index (χ2n) is 7.15. The van der Waals surface area contributed by atoms with Crippen LogP contribution < -0.4 is 19.8 Å². The Morgan fingerprint density at radius 3 is 2.62 bits per heavy atom. The van der Waals surface area contributed by atoms with Gasteiger partial charge in [0, 0.05) is 11.8 Å². The lowest BCUT2D eigenvalue weighted by molar-refractivity contribution is -0.659. The first-order valence-electron chi connectivity index (χ1n) is 8.95. The number of nitrogens with zero attached hydrogens (tertiary/aromatic N) is 2. The van der Waals surface area contributed by atoms with E-state index in [-0.39, 0.29) is 0 Å². The predicted molar refractivity (Wildman–Crippen MR) is 109 cm³/mol. The Morgan fingerprint density at radius 1 is 0.846 bits per heavy atom. The second kappa shape index (κ2) is 4.83. The van der Waals surface area contributed by atoms with Crippen LogP contribution in [0.4, 0.5) is 17.1 Å². The summed E-state index contributed by atoms with van der Waals surface area (Å²) >= 11 is 0. The van der Waals surface area contributed by atoms with Crippen LogP contribution in [0.15, 0.2) is 66.9 Å². The third kappa shape index (κ3) is 1.64. The molecule has 0 N–H and O–H groups in total. The fourth-order valence-corrected chi connectivity index (χ4v) is 5.82. The van der Waals surface area contributed by atoms with Gasteiger partial charge in [0.2, 0.25) is 5.69 Å². The van der Waals surface area contributed by atoms with Crippen LogP contribution in [0.2, 0.25) is 0 Å². The van der Waals surface area contributed by atoms with Crippen LogP contribution in [0, 0.1) is 6.92 Å². The molecule has 3 aromatic carbocycles. The molecule has 122 valence electrons. The van der Waals surface area contributed by atoms with Crippen molar-refractivity contribution in [3.05, 3.63) is 72.4 Å². The molecule has 4 aromatic rings. The zero-order chi connectivity index (χ0) is 17.4. The van der Waals surface area contributed by atoms with Gasteiger partial charge in [0.1, 0.15) is 16.6 Å². The minimum absolute atomic E-state index is 0.704. The Hall–Kier alpha value is -2.91. The maximum atomic E-state index is 2.50. The van der Waals surface area contributed by atoms with Gasteiger partial charge in [0.05, 0.1) is 22.3 Å². The van der Waals surface area contributed by atoms with Crippen LogP contribution >= 0.6 is 0 Å². The molecule has 0 aliphatic carbocycles. The molecular formula is C23H17N2Si+. The van der Waals surface area contributed by atoms with Gasteiger partial charge in [0.25, 0.3) is 0 Å². The first kappa shape index (κ1) is 14.3. The molecule has 2 radical (unpaired) electrons. The van der Waals surface area contributed by atoms with Crippen molar-refractivity contribution >= 4 is 47.7 Å². The molecule has 6 rings (SSSR count). The van der Waals surface area contributed by atoms with Crippen LogP contribution in [0.3, 0.4) is 0 Å². The van der Waals surface area contributed by atoms with E-state index in [9.17, 15) is 0 Å². The Balaban J connectivity index is 1.89. The van der Waals surface area contributed by atoms with Crippen molar-refractivity contribution in [1.29, 1.82) is 0 Å². The molecular weight excluding hydrogens is 332 g/mol. The number of pyridine rings is 1. The molecule has 3 heteroatoms. The highest BCUT2D eigenvalue weighted by atomic mass is 28.2. The number of fused-ring (bicyclic) bond motifs is 5. The van der Waals surface area contributed by atoms with E-state index in [0.29, 0.717) is 9.52 Å². The number of anilines is 3. The molecule has 0 atom stereocenters. The van der Waals surface area contributed by atoms with Crippen LogP contribution in [0.5, 0.6) is 0 Å². The second-order valence-corrected chi connectivity index (χ2v) is 8.48. The van der Waals surface area contributed by atoms with Crippen molar-refractivity contribution < 1.29 is 4.57 Å².